The molecule has 13 heavy (non-hydrogen) atoms. The molecule has 1 aliphatic rings. The molecule has 1 saturated heterocycles. The Morgan fingerprint density at radius 2 is 2.46 bits per heavy atom. The number of carbonyl (C=O) groups excluding carboxylic acids is 2. The van der Waals surface area contributed by atoms with E-state index in [1.807, 2.05) is 6.92 Å². The molecule has 0 radical (unpaired) electrons. The molecule has 0 aromatic rings. The minimum Gasteiger partial charge on any atom is -0.466 e. The van der Waals surface area contributed by atoms with Gasteiger partial charge in [-0.05, 0) is 12.8 Å². The highest BCUT2D eigenvalue weighted by Gasteiger charge is 2.25. The van der Waals surface area contributed by atoms with Gasteiger partial charge in [-0.25, -0.2) is 0 Å². The summed E-state index contributed by atoms with van der Waals surface area (Å²) in [5.41, 5.74) is 0. The summed E-state index contributed by atoms with van der Waals surface area (Å²) in [5.74, 6) is -0.491. The van der Waals surface area contributed by atoms with Crippen molar-refractivity contribution in [2.75, 3.05) is 6.61 Å². The van der Waals surface area contributed by atoms with Crippen molar-refractivity contribution in [3.8, 4) is 0 Å². The lowest BCUT2D eigenvalue weighted by atomic mass is 10.2. The Hall–Kier alpha value is -1.06. The summed E-state index contributed by atoms with van der Waals surface area (Å²) < 4.78 is 9.73. The largest absolute Gasteiger partial charge is 0.466 e. The van der Waals surface area contributed by atoms with E-state index in [2.05, 4.69) is 0 Å². The van der Waals surface area contributed by atoms with Crippen LogP contribution in [0.5, 0.6) is 0 Å². The van der Waals surface area contributed by atoms with E-state index in [1.54, 1.807) is 0 Å². The van der Waals surface area contributed by atoms with Gasteiger partial charge in [0.2, 0.25) is 0 Å². The van der Waals surface area contributed by atoms with Gasteiger partial charge in [0.1, 0.15) is 6.10 Å². The molecule has 74 valence electrons. The van der Waals surface area contributed by atoms with Crippen molar-refractivity contribution in [2.24, 2.45) is 0 Å². The van der Waals surface area contributed by atoms with Crippen LogP contribution < -0.4 is 0 Å². The Bertz CT molecular complexity index is 200. The second-order valence-electron chi connectivity index (χ2n) is 3.08. The SMILES string of the molecule is CCCOC(=O)CC1CCC(=O)O1. The van der Waals surface area contributed by atoms with Gasteiger partial charge >= 0.3 is 11.9 Å². The molecule has 0 N–H and O–H groups in total. The van der Waals surface area contributed by atoms with E-state index >= 15 is 0 Å². The lowest BCUT2D eigenvalue weighted by Crippen LogP contribution is -2.15. The summed E-state index contributed by atoms with van der Waals surface area (Å²) in [6.07, 6.45) is 1.82. The predicted octanol–water partition coefficient (Wildman–Crippen LogP) is 1.04. The second-order valence-corrected chi connectivity index (χ2v) is 3.08. The van der Waals surface area contributed by atoms with E-state index in [-0.39, 0.29) is 24.5 Å². The normalized spacial score (nSPS) is 21.3. The molecule has 1 unspecified atom stereocenters. The highest BCUT2D eigenvalue weighted by Crippen LogP contribution is 2.16. The van der Waals surface area contributed by atoms with Gasteiger partial charge in [-0.2, -0.15) is 0 Å². The van der Waals surface area contributed by atoms with Crippen molar-refractivity contribution in [3.63, 3.8) is 0 Å². The molecule has 0 aliphatic carbocycles. The van der Waals surface area contributed by atoms with Gasteiger partial charge in [0.15, 0.2) is 0 Å². The number of hydrogen-bond acceptors (Lipinski definition) is 4. The zero-order chi connectivity index (χ0) is 9.68. The minimum absolute atomic E-state index is 0.200. The highest BCUT2D eigenvalue weighted by atomic mass is 16.6. The fraction of sp³-hybridized carbons (Fsp3) is 0.778. The summed E-state index contributed by atoms with van der Waals surface area (Å²) in [5, 5.41) is 0. The standard InChI is InChI=1S/C9H14O4/c1-2-5-12-9(11)6-7-3-4-8(10)13-7/h7H,2-6H2,1H3. The molecule has 0 aromatic carbocycles. The topological polar surface area (TPSA) is 52.6 Å². The van der Waals surface area contributed by atoms with Crippen molar-refractivity contribution in [1.82, 2.24) is 0 Å². The van der Waals surface area contributed by atoms with Gasteiger partial charge in [0, 0.05) is 6.42 Å². The van der Waals surface area contributed by atoms with Crippen molar-refractivity contribution in [2.45, 2.75) is 38.7 Å². The summed E-state index contributed by atoms with van der Waals surface area (Å²) >= 11 is 0. The molecule has 1 heterocycles. The molecule has 4 heteroatoms. The predicted molar refractivity (Wildman–Crippen MR) is 45.0 cm³/mol. The average Bonchev–Trinajstić information content (AvgIpc) is 2.48. The molecule has 0 spiro atoms. The van der Waals surface area contributed by atoms with E-state index < -0.39 is 0 Å². The van der Waals surface area contributed by atoms with Crippen molar-refractivity contribution in [3.05, 3.63) is 0 Å². The zero-order valence-corrected chi connectivity index (χ0v) is 7.75. The van der Waals surface area contributed by atoms with Gasteiger partial charge in [0.25, 0.3) is 0 Å². The maximum atomic E-state index is 11.1. The molecule has 1 aliphatic heterocycles. The van der Waals surface area contributed by atoms with Crippen LogP contribution in [0.1, 0.15) is 32.6 Å². The summed E-state index contributed by atoms with van der Waals surface area (Å²) in [6.45, 7) is 2.38. The Balaban J connectivity index is 2.17. The third kappa shape index (κ3) is 3.44. The third-order valence-electron chi connectivity index (χ3n) is 1.83. The van der Waals surface area contributed by atoms with Crippen LogP contribution >= 0.6 is 0 Å². The van der Waals surface area contributed by atoms with Gasteiger partial charge in [-0.3, -0.25) is 9.59 Å². The monoisotopic (exact) mass is 186 g/mol. The first-order chi connectivity index (χ1) is 6.22. The smallest absolute Gasteiger partial charge is 0.309 e. The van der Waals surface area contributed by atoms with E-state index in [1.165, 1.54) is 0 Å². The first kappa shape index (κ1) is 10.0. The lowest BCUT2D eigenvalue weighted by molar-refractivity contribution is -0.149. The van der Waals surface area contributed by atoms with Gasteiger partial charge in [-0.15, -0.1) is 0 Å². The van der Waals surface area contributed by atoms with Crippen LogP contribution in [-0.4, -0.2) is 24.6 Å². The molecule has 1 fully saturated rings. The second kappa shape index (κ2) is 4.84. The van der Waals surface area contributed by atoms with E-state index in [4.69, 9.17) is 9.47 Å². The number of rotatable bonds is 4. The Morgan fingerprint density at radius 1 is 1.69 bits per heavy atom. The molecule has 1 rings (SSSR count). The van der Waals surface area contributed by atoms with Crippen molar-refractivity contribution < 1.29 is 19.1 Å². The lowest BCUT2D eigenvalue weighted by Gasteiger charge is -2.07. The number of carbonyl (C=O) groups is 2. The summed E-state index contributed by atoms with van der Waals surface area (Å²) in [7, 11) is 0. The van der Waals surface area contributed by atoms with Gasteiger partial charge in [-0.1, -0.05) is 6.92 Å². The van der Waals surface area contributed by atoms with Gasteiger partial charge in [0.05, 0.1) is 13.0 Å². The first-order valence-electron chi connectivity index (χ1n) is 4.57. The van der Waals surface area contributed by atoms with Crippen LogP contribution in [-0.2, 0) is 19.1 Å². The van der Waals surface area contributed by atoms with Crippen LogP contribution in [0.3, 0.4) is 0 Å². The van der Waals surface area contributed by atoms with Crippen LogP contribution in [0.15, 0.2) is 0 Å². The minimum atomic E-state index is -0.276. The van der Waals surface area contributed by atoms with E-state index in [0.29, 0.717) is 19.4 Å². The molecule has 4 nitrogen and oxygen atoms in total. The molecule has 0 aromatic heterocycles. The van der Waals surface area contributed by atoms with Gasteiger partial charge < -0.3 is 9.47 Å². The van der Waals surface area contributed by atoms with Crippen molar-refractivity contribution in [1.29, 1.82) is 0 Å². The molecule has 0 amide bonds. The molecule has 0 bridgehead atoms. The Morgan fingerprint density at radius 3 is 3.00 bits per heavy atom. The number of hydrogen-bond donors (Lipinski definition) is 0. The maximum absolute atomic E-state index is 11.1. The van der Waals surface area contributed by atoms with Crippen molar-refractivity contribution >= 4 is 11.9 Å². The number of ether oxygens (including phenoxy) is 2. The molecular formula is C9H14O4. The molecular weight excluding hydrogens is 172 g/mol. The van der Waals surface area contributed by atoms with E-state index in [0.717, 1.165) is 6.42 Å². The fourth-order valence-electron chi connectivity index (χ4n) is 1.19. The quantitative estimate of drug-likeness (QED) is 0.615. The molecule has 0 saturated carbocycles. The van der Waals surface area contributed by atoms with Crippen LogP contribution in [0.2, 0.25) is 0 Å². The third-order valence-corrected chi connectivity index (χ3v) is 1.83. The van der Waals surface area contributed by atoms with E-state index in [9.17, 15) is 9.59 Å². The van der Waals surface area contributed by atoms with Crippen LogP contribution in [0.4, 0.5) is 0 Å². The van der Waals surface area contributed by atoms with Crippen LogP contribution in [0, 0.1) is 0 Å². The number of esters is 2. The first-order valence-corrected chi connectivity index (χ1v) is 4.57. The van der Waals surface area contributed by atoms with Crippen LogP contribution in [0.25, 0.3) is 0 Å². The Kier molecular flexibility index (Phi) is 3.73. The summed E-state index contributed by atoms with van der Waals surface area (Å²) in [4.78, 5) is 21.7. The average molecular weight is 186 g/mol. The number of cyclic esters (lactones) is 1. The summed E-state index contributed by atoms with van der Waals surface area (Å²) in [6, 6.07) is 0. The Labute approximate surface area is 77.2 Å². The highest BCUT2D eigenvalue weighted by molar-refractivity contribution is 5.74. The fourth-order valence-corrected chi connectivity index (χ4v) is 1.19. The maximum Gasteiger partial charge on any atom is 0.309 e. The zero-order valence-electron chi connectivity index (χ0n) is 7.75. The molecule has 1 atom stereocenters.